The molecule has 80 valence electrons. The summed E-state index contributed by atoms with van der Waals surface area (Å²) in [7, 11) is 1.29. The fraction of sp³-hybridized carbons (Fsp3) is 0.273. The zero-order valence-corrected chi connectivity index (χ0v) is 8.74. The molecule has 0 fully saturated rings. The summed E-state index contributed by atoms with van der Waals surface area (Å²) in [5.41, 5.74) is 7.03. The Hall–Kier alpha value is -1.84. The second-order valence-corrected chi connectivity index (χ2v) is 3.24. The molecule has 2 N–H and O–H groups in total. The van der Waals surface area contributed by atoms with E-state index >= 15 is 0 Å². The van der Waals surface area contributed by atoms with E-state index in [1.165, 1.54) is 14.0 Å². The fourth-order valence-electron chi connectivity index (χ4n) is 1.35. The number of benzene rings is 1. The monoisotopic (exact) mass is 207 g/mol. The van der Waals surface area contributed by atoms with Crippen LogP contribution in [0.3, 0.4) is 0 Å². The van der Waals surface area contributed by atoms with Gasteiger partial charge < -0.3 is 10.5 Å². The lowest BCUT2D eigenvalue weighted by Gasteiger charge is -2.08. The lowest BCUT2D eigenvalue weighted by atomic mass is 10.0. The molecule has 0 aliphatic carbocycles. The van der Waals surface area contributed by atoms with Gasteiger partial charge in [0.15, 0.2) is 0 Å². The second kappa shape index (κ2) is 4.59. The van der Waals surface area contributed by atoms with E-state index in [0.29, 0.717) is 16.8 Å². The van der Waals surface area contributed by atoms with E-state index in [1.807, 2.05) is 0 Å². The molecule has 1 rings (SSSR count). The third-order valence-corrected chi connectivity index (χ3v) is 2.04. The first-order chi connectivity index (χ1) is 7.06. The van der Waals surface area contributed by atoms with Gasteiger partial charge in [-0.05, 0) is 24.6 Å². The molecule has 0 aliphatic heterocycles. The number of carbonyl (C=O) groups excluding carboxylic acids is 2. The topological polar surface area (TPSA) is 69.4 Å². The minimum absolute atomic E-state index is 0.0435. The van der Waals surface area contributed by atoms with Crippen LogP contribution in [-0.4, -0.2) is 18.9 Å². The van der Waals surface area contributed by atoms with Gasteiger partial charge in [-0.2, -0.15) is 0 Å². The quantitative estimate of drug-likeness (QED) is 0.597. The summed E-state index contributed by atoms with van der Waals surface area (Å²) >= 11 is 0. The first-order valence-electron chi connectivity index (χ1n) is 4.51. The van der Waals surface area contributed by atoms with Gasteiger partial charge in [0.05, 0.1) is 12.7 Å². The number of nitrogen functional groups attached to an aromatic ring is 1. The van der Waals surface area contributed by atoms with Crippen molar-refractivity contribution in [1.82, 2.24) is 0 Å². The highest BCUT2D eigenvalue weighted by atomic mass is 16.5. The normalized spacial score (nSPS) is 9.73. The Balaban J connectivity index is 3.19. The minimum atomic E-state index is -0.474. The third-order valence-electron chi connectivity index (χ3n) is 2.04. The van der Waals surface area contributed by atoms with E-state index in [4.69, 9.17) is 5.73 Å². The van der Waals surface area contributed by atoms with E-state index < -0.39 is 5.97 Å². The number of ketones is 1. The Morgan fingerprint density at radius 1 is 1.40 bits per heavy atom. The van der Waals surface area contributed by atoms with Crippen LogP contribution in [0.15, 0.2) is 18.2 Å². The number of ether oxygens (including phenoxy) is 1. The first kappa shape index (κ1) is 11.2. The highest BCUT2D eigenvalue weighted by molar-refractivity contribution is 5.94. The summed E-state index contributed by atoms with van der Waals surface area (Å²) in [6, 6.07) is 4.91. The lowest BCUT2D eigenvalue weighted by Crippen LogP contribution is -2.10. The predicted octanol–water partition coefficient (Wildman–Crippen LogP) is 1.19. The number of methoxy groups -OCH3 is 1. The van der Waals surface area contributed by atoms with Gasteiger partial charge in [0.2, 0.25) is 0 Å². The van der Waals surface area contributed by atoms with Gasteiger partial charge >= 0.3 is 5.97 Å². The maximum absolute atomic E-state index is 11.4. The van der Waals surface area contributed by atoms with Crippen molar-refractivity contribution in [2.24, 2.45) is 0 Å². The number of Topliss-reactive ketones (excluding diaryl/α,β-unsaturated/α-hetero) is 1. The van der Waals surface area contributed by atoms with E-state index in [2.05, 4.69) is 4.74 Å². The Kier molecular flexibility index (Phi) is 3.44. The van der Waals surface area contributed by atoms with Gasteiger partial charge in [0, 0.05) is 12.1 Å². The SMILES string of the molecule is COC(=O)c1cccc(N)c1CC(C)=O. The van der Waals surface area contributed by atoms with Crippen molar-refractivity contribution in [3.05, 3.63) is 29.3 Å². The van der Waals surface area contributed by atoms with E-state index in [0.717, 1.165) is 0 Å². The van der Waals surface area contributed by atoms with E-state index in [9.17, 15) is 9.59 Å². The average molecular weight is 207 g/mol. The summed E-state index contributed by atoms with van der Waals surface area (Å²) in [4.78, 5) is 22.4. The van der Waals surface area contributed by atoms with Crippen molar-refractivity contribution in [2.75, 3.05) is 12.8 Å². The number of esters is 1. The van der Waals surface area contributed by atoms with Crippen LogP contribution >= 0.6 is 0 Å². The molecular weight excluding hydrogens is 194 g/mol. The Morgan fingerprint density at radius 3 is 2.60 bits per heavy atom. The van der Waals surface area contributed by atoms with Gasteiger partial charge in [-0.3, -0.25) is 4.79 Å². The van der Waals surface area contributed by atoms with Gasteiger partial charge in [-0.25, -0.2) is 4.79 Å². The zero-order valence-electron chi connectivity index (χ0n) is 8.74. The van der Waals surface area contributed by atoms with Gasteiger partial charge in [0.25, 0.3) is 0 Å². The number of carbonyl (C=O) groups is 2. The van der Waals surface area contributed by atoms with Crippen LogP contribution in [0.25, 0.3) is 0 Å². The van der Waals surface area contributed by atoms with E-state index in [-0.39, 0.29) is 12.2 Å². The molecule has 15 heavy (non-hydrogen) atoms. The van der Waals surface area contributed by atoms with Crippen LogP contribution in [0, 0.1) is 0 Å². The van der Waals surface area contributed by atoms with Crippen molar-refractivity contribution in [2.45, 2.75) is 13.3 Å². The van der Waals surface area contributed by atoms with Crippen LogP contribution < -0.4 is 5.73 Å². The number of hydrogen-bond donors (Lipinski definition) is 1. The molecule has 4 heteroatoms. The average Bonchev–Trinajstić information content (AvgIpc) is 2.19. The molecule has 0 unspecified atom stereocenters. The summed E-state index contributed by atoms with van der Waals surface area (Å²) in [6.07, 6.45) is 0.150. The Bertz CT molecular complexity index is 399. The molecule has 0 aliphatic rings. The standard InChI is InChI=1S/C11H13NO3/c1-7(13)6-9-8(11(14)15-2)4-3-5-10(9)12/h3-5H,6,12H2,1-2H3. The zero-order chi connectivity index (χ0) is 11.4. The first-order valence-corrected chi connectivity index (χ1v) is 4.51. The molecule has 0 spiro atoms. The highest BCUT2D eigenvalue weighted by Gasteiger charge is 2.14. The number of nitrogens with two attached hydrogens (primary N) is 1. The fourth-order valence-corrected chi connectivity index (χ4v) is 1.35. The maximum Gasteiger partial charge on any atom is 0.338 e. The maximum atomic E-state index is 11.4. The largest absolute Gasteiger partial charge is 0.465 e. The molecule has 0 saturated heterocycles. The van der Waals surface area contributed by atoms with Crippen LogP contribution in [-0.2, 0) is 16.0 Å². The van der Waals surface area contributed by atoms with Gasteiger partial charge in [0.1, 0.15) is 5.78 Å². The van der Waals surface area contributed by atoms with Gasteiger partial charge in [-0.15, -0.1) is 0 Å². The second-order valence-electron chi connectivity index (χ2n) is 3.24. The summed E-state index contributed by atoms with van der Waals surface area (Å²) in [5.74, 6) is -0.517. The molecular formula is C11H13NO3. The summed E-state index contributed by atoms with van der Waals surface area (Å²) in [6.45, 7) is 1.45. The molecule has 0 radical (unpaired) electrons. The minimum Gasteiger partial charge on any atom is -0.465 e. The van der Waals surface area contributed by atoms with Crippen molar-refractivity contribution < 1.29 is 14.3 Å². The Labute approximate surface area is 88.0 Å². The molecule has 0 atom stereocenters. The molecule has 1 aromatic rings. The molecule has 0 heterocycles. The Morgan fingerprint density at radius 2 is 2.07 bits per heavy atom. The third kappa shape index (κ3) is 2.56. The lowest BCUT2D eigenvalue weighted by molar-refractivity contribution is -0.116. The summed E-state index contributed by atoms with van der Waals surface area (Å²) in [5, 5.41) is 0. The van der Waals surface area contributed by atoms with Crippen molar-refractivity contribution in [1.29, 1.82) is 0 Å². The molecule has 0 saturated carbocycles. The predicted molar refractivity (Wildman–Crippen MR) is 56.6 cm³/mol. The van der Waals surface area contributed by atoms with Crippen molar-refractivity contribution in [3.63, 3.8) is 0 Å². The smallest absolute Gasteiger partial charge is 0.338 e. The molecule has 1 aromatic carbocycles. The molecule has 0 amide bonds. The molecule has 0 bridgehead atoms. The van der Waals surface area contributed by atoms with Crippen LogP contribution in [0.5, 0.6) is 0 Å². The number of anilines is 1. The van der Waals surface area contributed by atoms with Crippen LogP contribution in [0.1, 0.15) is 22.8 Å². The molecule has 4 nitrogen and oxygen atoms in total. The van der Waals surface area contributed by atoms with Crippen molar-refractivity contribution >= 4 is 17.4 Å². The number of rotatable bonds is 3. The highest BCUT2D eigenvalue weighted by Crippen LogP contribution is 2.18. The van der Waals surface area contributed by atoms with Crippen LogP contribution in [0.2, 0.25) is 0 Å². The van der Waals surface area contributed by atoms with Crippen LogP contribution in [0.4, 0.5) is 5.69 Å². The number of hydrogen-bond acceptors (Lipinski definition) is 4. The van der Waals surface area contributed by atoms with Crippen molar-refractivity contribution in [3.8, 4) is 0 Å². The van der Waals surface area contributed by atoms with E-state index in [1.54, 1.807) is 18.2 Å². The molecule has 0 aromatic heterocycles. The summed E-state index contributed by atoms with van der Waals surface area (Å²) < 4.78 is 4.61. The van der Waals surface area contributed by atoms with Gasteiger partial charge in [-0.1, -0.05) is 6.07 Å².